The van der Waals surface area contributed by atoms with Crippen LogP contribution in [0.2, 0.25) is 0 Å². The van der Waals surface area contributed by atoms with Crippen molar-refractivity contribution in [2.45, 2.75) is 44.7 Å². The van der Waals surface area contributed by atoms with Gasteiger partial charge in [0.1, 0.15) is 0 Å². The number of rotatable bonds is 5. The van der Waals surface area contributed by atoms with E-state index in [2.05, 4.69) is 9.98 Å². The van der Waals surface area contributed by atoms with Gasteiger partial charge in [-0.3, -0.25) is 0 Å². The molecule has 0 unspecified atom stereocenters. The van der Waals surface area contributed by atoms with Gasteiger partial charge < -0.3 is 17.2 Å². The van der Waals surface area contributed by atoms with E-state index in [0.717, 1.165) is 0 Å². The van der Waals surface area contributed by atoms with Crippen molar-refractivity contribution in [1.82, 2.24) is 4.31 Å². The van der Waals surface area contributed by atoms with Gasteiger partial charge in [-0.1, -0.05) is 0 Å². The Morgan fingerprint density at radius 1 is 1.00 bits per heavy atom. The quantitative estimate of drug-likeness (QED) is 0.535. The summed E-state index contributed by atoms with van der Waals surface area (Å²) in [6.45, 7) is 7.36. The largest absolute Gasteiger partial charge is 0.370 e. The molecule has 8 nitrogen and oxygen atoms in total. The van der Waals surface area contributed by atoms with Gasteiger partial charge in [-0.05, 0) is 52.0 Å². The van der Waals surface area contributed by atoms with Crippen LogP contribution in [0.1, 0.15) is 27.7 Å². The second-order valence-corrected chi connectivity index (χ2v) is 7.37. The summed E-state index contributed by atoms with van der Waals surface area (Å²) in [5.41, 5.74) is 16.4. The standard InChI is InChI=1S/C14H24N6O2S/c1-9(2)20(10(3)4)23(21,22)12-7-5-11(6-8-12)18-14(17)19-13(15)16/h5-10H,1-4H3,(H6,15,16,17,18,19). The number of hydrogen-bond acceptors (Lipinski definition) is 3. The zero-order valence-electron chi connectivity index (χ0n) is 13.8. The van der Waals surface area contributed by atoms with Crippen LogP contribution in [0.4, 0.5) is 5.69 Å². The maximum absolute atomic E-state index is 12.7. The zero-order valence-corrected chi connectivity index (χ0v) is 14.6. The average Bonchev–Trinajstić information content (AvgIpc) is 2.36. The summed E-state index contributed by atoms with van der Waals surface area (Å²) in [7, 11) is -3.58. The number of sulfonamides is 1. The molecule has 0 aliphatic rings. The molecule has 0 atom stereocenters. The van der Waals surface area contributed by atoms with Gasteiger partial charge in [0.15, 0.2) is 5.96 Å². The Morgan fingerprint density at radius 2 is 1.48 bits per heavy atom. The highest BCUT2D eigenvalue weighted by atomic mass is 32.2. The van der Waals surface area contributed by atoms with Gasteiger partial charge in [0.2, 0.25) is 16.0 Å². The summed E-state index contributed by atoms with van der Waals surface area (Å²) in [5.74, 6) is -0.304. The Hall–Kier alpha value is -2.13. The van der Waals surface area contributed by atoms with Crippen molar-refractivity contribution < 1.29 is 8.42 Å². The number of hydrogen-bond donors (Lipinski definition) is 3. The Morgan fingerprint density at radius 3 is 1.87 bits per heavy atom. The van der Waals surface area contributed by atoms with Gasteiger partial charge in [0.25, 0.3) is 0 Å². The molecule has 0 fully saturated rings. The van der Waals surface area contributed by atoms with Gasteiger partial charge in [0, 0.05) is 12.1 Å². The summed E-state index contributed by atoms with van der Waals surface area (Å²) < 4.78 is 26.9. The molecule has 0 aliphatic heterocycles. The van der Waals surface area contributed by atoms with Crippen molar-refractivity contribution in [2.24, 2.45) is 27.2 Å². The van der Waals surface area contributed by atoms with E-state index >= 15 is 0 Å². The topological polar surface area (TPSA) is 140 Å². The molecule has 128 valence electrons. The number of nitrogens with zero attached hydrogens (tertiary/aromatic N) is 3. The highest BCUT2D eigenvalue weighted by molar-refractivity contribution is 7.89. The first kappa shape index (κ1) is 18.9. The fourth-order valence-electron chi connectivity index (χ4n) is 2.26. The van der Waals surface area contributed by atoms with E-state index in [4.69, 9.17) is 17.2 Å². The molecule has 0 saturated carbocycles. The molecule has 1 aromatic carbocycles. The lowest BCUT2D eigenvalue weighted by atomic mass is 10.3. The van der Waals surface area contributed by atoms with Crippen LogP contribution in [-0.4, -0.2) is 36.7 Å². The highest BCUT2D eigenvalue weighted by Gasteiger charge is 2.29. The maximum Gasteiger partial charge on any atom is 0.243 e. The first-order valence-electron chi connectivity index (χ1n) is 7.13. The van der Waals surface area contributed by atoms with E-state index < -0.39 is 10.0 Å². The third-order valence-electron chi connectivity index (χ3n) is 2.92. The predicted molar refractivity (Wildman–Crippen MR) is 92.8 cm³/mol. The number of nitrogens with two attached hydrogens (primary N) is 3. The molecule has 0 spiro atoms. The number of benzene rings is 1. The summed E-state index contributed by atoms with van der Waals surface area (Å²) >= 11 is 0. The molecule has 0 radical (unpaired) electrons. The predicted octanol–water partition coefficient (Wildman–Crippen LogP) is 0.714. The minimum atomic E-state index is -3.58. The molecule has 0 heterocycles. The maximum atomic E-state index is 12.7. The Balaban J connectivity index is 3.15. The molecule has 0 amide bonds. The molecule has 0 aromatic heterocycles. The summed E-state index contributed by atoms with van der Waals surface area (Å²) in [4.78, 5) is 7.76. The van der Waals surface area contributed by atoms with Gasteiger partial charge in [-0.25, -0.2) is 13.4 Å². The van der Waals surface area contributed by atoms with E-state index in [-0.39, 0.29) is 28.9 Å². The summed E-state index contributed by atoms with van der Waals surface area (Å²) in [5, 5.41) is 0. The lowest BCUT2D eigenvalue weighted by molar-refractivity contribution is 0.302. The van der Waals surface area contributed by atoms with Crippen LogP contribution in [0.3, 0.4) is 0 Å². The third kappa shape index (κ3) is 4.93. The molecule has 9 heteroatoms. The van der Waals surface area contributed by atoms with Crippen molar-refractivity contribution in [2.75, 3.05) is 0 Å². The molecule has 1 rings (SSSR count). The second kappa shape index (κ2) is 7.42. The smallest absolute Gasteiger partial charge is 0.243 e. The Labute approximate surface area is 137 Å². The average molecular weight is 340 g/mol. The van der Waals surface area contributed by atoms with Crippen molar-refractivity contribution in [3.8, 4) is 0 Å². The van der Waals surface area contributed by atoms with Gasteiger partial charge in [-0.2, -0.15) is 9.30 Å². The molecular formula is C14H24N6O2S. The first-order chi connectivity index (χ1) is 10.6. The van der Waals surface area contributed by atoms with Crippen LogP contribution < -0.4 is 17.2 Å². The number of aliphatic imine (C=N–C) groups is 2. The number of guanidine groups is 2. The SMILES string of the molecule is CC(C)N(C(C)C)S(=O)(=O)c1ccc(N=C(N)N=C(N)N)cc1. The van der Waals surface area contributed by atoms with Crippen LogP contribution in [0.15, 0.2) is 39.1 Å². The van der Waals surface area contributed by atoms with Crippen molar-refractivity contribution >= 4 is 27.6 Å². The summed E-state index contributed by atoms with van der Waals surface area (Å²) in [6.07, 6.45) is 0. The van der Waals surface area contributed by atoms with Gasteiger partial charge in [0.05, 0.1) is 10.6 Å². The molecule has 0 bridgehead atoms. The highest BCUT2D eigenvalue weighted by Crippen LogP contribution is 2.23. The van der Waals surface area contributed by atoms with Crippen molar-refractivity contribution in [1.29, 1.82) is 0 Å². The van der Waals surface area contributed by atoms with Crippen molar-refractivity contribution in [3.05, 3.63) is 24.3 Å². The van der Waals surface area contributed by atoms with Crippen molar-refractivity contribution in [3.63, 3.8) is 0 Å². The fourth-order valence-corrected chi connectivity index (χ4v) is 4.09. The molecular weight excluding hydrogens is 316 g/mol. The minimum absolute atomic E-state index is 0.105. The normalized spacial score (nSPS) is 12.9. The lowest BCUT2D eigenvalue weighted by Crippen LogP contribution is -2.41. The molecule has 0 aliphatic carbocycles. The first-order valence-corrected chi connectivity index (χ1v) is 8.57. The van der Waals surface area contributed by atoms with E-state index in [1.54, 1.807) is 12.1 Å². The van der Waals surface area contributed by atoms with Gasteiger partial charge in [-0.15, -0.1) is 0 Å². The second-order valence-electron chi connectivity index (χ2n) is 5.52. The molecule has 23 heavy (non-hydrogen) atoms. The van der Waals surface area contributed by atoms with Crippen LogP contribution in [0.5, 0.6) is 0 Å². The van der Waals surface area contributed by atoms with Gasteiger partial charge >= 0.3 is 0 Å². The fraction of sp³-hybridized carbons (Fsp3) is 0.429. The summed E-state index contributed by atoms with van der Waals surface area (Å²) in [6, 6.07) is 5.76. The Kier molecular flexibility index (Phi) is 6.11. The molecule has 1 aromatic rings. The van der Waals surface area contributed by atoms with Crippen LogP contribution in [0, 0.1) is 0 Å². The lowest BCUT2D eigenvalue weighted by Gasteiger charge is -2.29. The monoisotopic (exact) mass is 340 g/mol. The van der Waals surface area contributed by atoms with Crippen LogP contribution in [-0.2, 0) is 10.0 Å². The van der Waals surface area contributed by atoms with E-state index in [0.29, 0.717) is 5.69 Å². The zero-order chi connectivity index (χ0) is 17.8. The van der Waals surface area contributed by atoms with Crippen LogP contribution >= 0.6 is 0 Å². The van der Waals surface area contributed by atoms with E-state index in [1.807, 2.05) is 27.7 Å². The Bertz CT molecular complexity index is 680. The van der Waals surface area contributed by atoms with E-state index in [1.165, 1.54) is 16.4 Å². The van der Waals surface area contributed by atoms with E-state index in [9.17, 15) is 8.42 Å². The third-order valence-corrected chi connectivity index (χ3v) is 5.18. The minimum Gasteiger partial charge on any atom is -0.370 e. The molecule has 6 N–H and O–H groups in total. The molecule has 0 saturated heterocycles. The van der Waals surface area contributed by atoms with Crippen LogP contribution in [0.25, 0.3) is 0 Å².